The van der Waals surface area contributed by atoms with Crippen LogP contribution in [0.2, 0.25) is 0 Å². The summed E-state index contributed by atoms with van der Waals surface area (Å²) in [5.41, 5.74) is 0.828. The summed E-state index contributed by atoms with van der Waals surface area (Å²) in [6.07, 6.45) is 0. The minimum atomic E-state index is 0.0885. The molecule has 1 aromatic heterocycles. The molecule has 0 unspecified atom stereocenters. The van der Waals surface area contributed by atoms with Gasteiger partial charge in [0, 0.05) is 0 Å². The van der Waals surface area contributed by atoms with Crippen LogP contribution in [0.25, 0.3) is 0 Å². The van der Waals surface area contributed by atoms with E-state index in [0.717, 1.165) is 5.56 Å². The molecule has 0 spiro atoms. The Morgan fingerprint density at radius 3 is 3.00 bits per heavy atom. The second-order valence-electron chi connectivity index (χ2n) is 1.49. The first-order chi connectivity index (χ1) is 4.34. The number of carbonyl (C=O) groups excluding carboxylic acids is 1. The van der Waals surface area contributed by atoms with Crippen LogP contribution in [0.1, 0.15) is 10.4 Å². The molecular formula is C6H4OSe2. The van der Waals surface area contributed by atoms with Crippen LogP contribution in [-0.4, -0.2) is 40.8 Å². The van der Waals surface area contributed by atoms with E-state index < -0.39 is 0 Å². The Kier molecular flexibility index (Phi) is 2.62. The van der Waals surface area contributed by atoms with Gasteiger partial charge in [-0.05, 0) is 0 Å². The fraction of sp³-hybridized carbons (Fsp3) is 0. The molecule has 1 heterocycles. The average molecular weight is 250 g/mol. The third kappa shape index (κ3) is 1.73. The van der Waals surface area contributed by atoms with Crippen molar-refractivity contribution in [2.45, 2.75) is 0 Å². The maximum absolute atomic E-state index is 10.8. The Bertz CT molecular complexity index is 213. The van der Waals surface area contributed by atoms with Crippen LogP contribution in [0.4, 0.5) is 0 Å². The van der Waals surface area contributed by atoms with E-state index in [0.29, 0.717) is 14.5 Å². The zero-order chi connectivity index (χ0) is 6.69. The predicted octanol–water partition coefficient (Wildman–Crippen LogP) is -0.103. The summed E-state index contributed by atoms with van der Waals surface area (Å²) in [6, 6.07) is 1.87. The van der Waals surface area contributed by atoms with Crippen LogP contribution >= 0.6 is 0 Å². The van der Waals surface area contributed by atoms with Crippen LogP contribution < -0.4 is 0 Å². The van der Waals surface area contributed by atoms with Crippen LogP contribution in [0.3, 0.4) is 0 Å². The summed E-state index contributed by atoms with van der Waals surface area (Å²) in [6.45, 7) is 0. The molecule has 1 nitrogen and oxygen atoms in total. The van der Waals surface area contributed by atoms with Gasteiger partial charge in [-0.3, -0.25) is 0 Å². The molecule has 0 aliphatic rings. The van der Waals surface area contributed by atoms with Crippen molar-refractivity contribution >= 4 is 40.8 Å². The van der Waals surface area contributed by atoms with Crippen molar-refractivity contribution in [1.29, 1.82) is 0 Å². The molecule has 0 bridgehead atoms. The van der Waals surface area contributed by atoms with Crippen molar-refractivity contribution in [3.8, 4) is 0 Å². The third-order valence-corrected chi connectivity index (χ3v) is 2.80. The first kappa shape index (κ1) is 7.17. The predicted molar refractivity (Wildman–Crippen MR) is 39.5 cm³/mol. The van der Waals surface area contributed by atoms with Gasteiger partial charge < -0.3 is 0 Å². The van der Waals surface area contributed by atoms with Crippen LogP contribution in [0, 0.1) is 0 Å². The summed E-state index contributed by atoms with van der Waals surface area (Å²) in [4.78, 5) is 16.3. The molecule has 0 amide bonds. The zero-order valence-corrected chi connectivity index (χ0v) is 7.96. The summed E-state index contributed by atoms with van der Waals surface area (Å²) in [5.74, 6) is 0.0885. The Morgan fingerprint density at radius 2 is 2.56 bits per heavy atom. The number of hydrogen-bond acceptors (Lipinski definition) is 1. The average Bonchev–Trinajstić information content (AvgIpc) is 2.37. The van der Waals surface area contributed by atoms with Crippen LogP contribution in [-0.2, 0) is 0 Å². The second-order valence-corrected chi connectivity index (χ2v) is 3.63. The van der Waals surface area contributed by atoms with Gasteiger partial charge in [0.25, 0.3) is 0 Å². The van der Waals surface area contributed by atoms with E-state index in [4.69, 9.17) is 0 Å². The Hall–Kier alpha value is 0.0590. The minimum absolute atomic E-state index is 0.0885. The molecule has 0 radical (unpaired) electrons. The van der Waals surface area contributed by atoms with Crippen molar-refractivity contribution in [2.75, 3.05) is 0 Å². The number of carbonyl (C=O) groups is 1. The Balaban J connectivity index is 2.89. The molecule has 1 rings (SSSR count). The van der Waals surface area contributed by atoms with E-state index in [1.165, 1.54) is 4.92 Å². The van der Waals surface area contributed by atoms with Gasteiger partial charge in [0.05, 0.1) is 0 Å². The third-order valence-electron chi connectivity index (χ3n) is 0.913. The van der Waals surface area contributed by atoms with Gasteiger partial charge in [0.1, 0.15) is 0 Å². The normalized spacial score (nSPS) is 8.89. The second kappa shape index (κ2) is 3.28. The topological polar surface area (TPSA) is 17.1 Å². The number of Topliss-reactive ketones (excluding diaryl/α,β-unsaturated/α-hetero) is 1. The molecule has 0 atom stereocenters. The van der Waals surface area contributed by atoms with Gasteiger partial charge in [0.15, 0.2) is 0 Å². The maximum atomic E-state index is 10.8. The molecule has 0 aliphatic heterocycles. The summed E-state index contributed by atoms with van der Waals surface area (Å²) in [7, 11) is 0. The Labute approximate surface area is 67.2 Å². The van der Waals surface area contributed by atoms with Gasteiger partial charge in [0.2, 0.25) is 0 Å². The molecular weight excluding hydrogens is 246 g/mol. The molecule has 0 N–H and O–H groups in total. The first-order valence-corrected chi connectivity index (χ1v) is 5.33. The van der Waals surface area contributed by atoms with E-state index in [9.17, 15) is 4.79 Å². The molecule has 3 heteroatoms. The van der Waals surface area contributed by atoms with E-state index in [2.05, 4.69) is 15.6 Å². The number of ketones is 1. The molecule has 46 valence electrons. The summed E-state index contributed by atoms with van der Waals surface area (Å²) in [5, 5.41) is 0. The van der Waals surface area contributed by atoms with Crippen LogP contribution in [0.5, 0.6) is 0 Å². The van der Waals surface area contributed by atoms with Gasteiger partial charge in [-0.15, -0.1) is 0 Å². The fourth-order valence-electron chi connectivity index (χ4n) is 0.473. The van der Waals surface area contributed by atoms with Gasteiger partial charge in [-0.1, -0.05) is 0 Å². The van der Waals surface area contributed by atoms with Gasteiger partial charge in [-0.2, -0.15) is 0 Å². The van der Waals surface area contributed by atoms with Gasteiger partial charge in [-0.25, -0.2) is 0 Å². The van der Waals surface area contributed by atoms with E-state index in [-0.39, 0.29) is 5.78 Å². The number of hydrogen-bond donors (Lipinski definition) is 0. The van der Waals surface area contributed by atoms with Crippen molar-refractivity contribution in [3.05, 3.63) is 21.5 Å². The Morgan fingerprint density at radius 1 is 1.78 bits per heavy atom. The SMILES string of the molecule is O=C(C=[Se])c1cc[se]c1. The quantitative estimate of drug-likeness (QED) is 0.529. The molecule has 0 fully saturated rings. The van der Waals surface area contributed by atoms with E-state index in [1.807, 2.05) is 15.9 Å². The number of rotatable bonds is 2. The van der Waals surface area contributed by atoms with E-state index in [1.54, 1.807) is 0 Å². The van der Waals surface area contributed by atoms with Crippen LogP contribution in [0.15, 0.2) is 15.9 Å². The molecule has 9 heavy (non-hydrogen) atoms. The van der Waals surface area contributed by atoms with Crippen molar-refractivity contribution < 1.29 is 4.79 Å². The van der Waals surface area contributed by atoms with Gasteiger partial charge >= 0.3 is 67.1 Å². The molecule has 0 aliphatic carbocycles. The standard InChI is InChI=1S/C6H4OSe2/c7-6(3-8)5-1-2-9-4-5/h1-4H. The molecule has 1 aromatic rings. The fourth-order valence-corrected chi connectivity index (χ4v) is 2.11. The summed E-state index contributed by atoms with van der Waals surface area (Å²) < 4.78 is 0. The van der Waals surface area contributed by atoms with Crippen molar-refractivity contribution in [2.24, 2.45) is 0 Å². The van der Waals surface area contributed by atoms with E-state index >= 15 is 0 Å². The first-order valence-electron chi connectivity index (χ1n) is 2.36. The zero-order valence-electron chi connectivity index (χ0n) is 4.53. The monoisotopic (exact) mass is 252 g/mol. The molecule has 0 saturated heterocycles. The molecule has 0 saturated carbocycles. The van der Waals surface area contributed by atoms with Crippen molar-refractivity contribution in [1.82, 2.24) is 0 Å². The summed E-state index contributed by atoms with van der Waals surface area (Å²) >= 11 is 3.00. The van der Waals surface area contributed by atoms with Crippen molar-refractivity contribution in [3.63, 3.8) is 0 Å². The molecule has 0 aromatic carbocycles.